The molecule has 1 N–H and O–H groups in total. The maximum absolute atomic E-state index is 3.49. The molecule has 1 aliphatic rings. The van der Waals surface area contributed by atoms with Gasteiger partial charge in [0.2, 0.25) is 0 Å². The Kier molecular flexibility index (Phi) is 7.19. The third kappa shape index (κ3) is 5.61. The van der Waals surface area contributed by atoms with Crippen molar-refractivity contribution < 1.29 is 0 Å². The van der Waals surface area contributed by atoms with E-state index in [1.54, 1.807) is 0 Å². The molecule has 0 saturated carbocycles. The van der Waals surface area contributed by atoms with Crippen molar-refractivity contribution in [1.82, 2.24) is 10.2 Å². The van der Waals surface area contributed by atoms with Crippen LogP contribution in [0, 0.1) is 0 Å². The zero-order valence-corrected chi connectivity index (χ0v) is 14.8. The average molecular weight is 311 g/mol. The Balaban J connectivity index is 0.00000220. The van der Waals surface area contributed by atoms with Crippen LogP contribution in [0.3, 0.4) is 0 Å². The van der Waals surface area contributed by atoms with E-state index in [9.17, 15) is 0 Å². The van der Waals surface area contributed by atoms with Crippen molar-refractivity contribution in [3.8, 4) is 0 Å². The second-order valence-electron chi connectivity index (χ2n) is 7.20. The first kappa shape index (κ1) is 18.5. The third-order valence-corrected chi connectivity index (χ3v) is 4.42. The summed E-state index contributed by atoms with van der Waals surface area (Å²) in [6.45, 7) is 10.2. The Morgan fingerprint density at radius 1 is 1.10 bits per heavy atom. The van der Waals surface area contributed by atoms with Gasteiger partial charge in [0.25, 0.3) is 0 Å². The summed E-state index contributed by atoms with van der Waals surface area (Å²) < 4.78 is 0. The Morgan fingerprint density at radius 3 is 2.38 bits per heavy atom. The van der Waals surface area contributed by atoms with E-state index < -0.39 is 0 Å². The number of nitrogens with zero attached hydrogens (tertiary/aromatic N) is 1. The highest BCUT2D eigenvalue weighted by Gasteiger charge is 2.17. The molecule has 0 bridgehead atoms. The van der Waals surface area contributed by atoms with E-state index >= 15 is 0 Å². The van der Waals surface area contributed by atoms with Gasteiger partial charge in [-0.25, -0.2) is 0 Å². The predicted molar refractivity (Wildman–Crippen MR) is 94.4 cm³/mol. The molecule has 1 aliphatic heterocycles. The normalized spacial score (nSPS) is 20.0. The summed E-state index contributed by atoms with van der Waals surface area (Å²) in [5.74, 6) is 0. The fraction of sp³-hybridized carbons (Fsp3) is 0.667. The van der Waals surface area contributed by atoms with Crippen LogP contribution in [0.25, 0.3) is 0 Å². The number of nitrogens with one attached hydrogen (secondary N) is 1. The van der Waals surface area contributed by atoms with Crippen molar-refractivity contribution in [2.45, 2.75) is 58.0 Å². The SMILES string of the molecule is CN(Cc1ccc(C(C)(C)C)cc1)C1CCCNCC1.Cl. The summed E-state index contributed by atoms with van der Waals surface area (Å²) in [7, 11) is 2.27. The molecule has 1 fully saturated rings. The summed E-state index contributed by atoms with van der Waals surface area (Å²) in [4.78, 5) is 2.53. The van der Waals surface area contributed by atoms with E-state index in [2.05, 4.69) is 62.3 Å². The molecule has 1 heterocycles. The first-order chi connectivity index (χ1) is 9.47. The number of hydrogen-bond donors (Lipinski definition) is 1. The van der Waals surface area contributed by atoms with Crippen LogP contribution in [0.1, 0.15) is 51.2 Å². The van der Waals surface area contributed by atoms with Gasteiger partial charge in [0.05, 0.1) is 0 Å². The van der Waals surface area contributed by atoms with Crippen molar-refractivity contribution in [1.29, 1.82) is 0 Å². The average Bonchev–Trinajstić information content (AvgIpc) is 2.67. The number of halogens is 1. The van der Waals surface area contributed by atoms with Gasteiger partial charge in [-0.1, -0.05) is 45.0 Å². The highest BCUT2D eigenvalue weighted by atomic mass is 35.5. The van der Waals surface area contributed by atoms with Crippen molar-refractivity contribution in [3.63, 3.8) is 0 Å². The number of rotatable bonds is 3. The molecule has 1 aromatic rings. The summed E-state index contributed by atoms with van der Waals surface area (Å²) in [5, 5.41) is 3.49. The zero-order valence-electron chi connectivity index (χ0n) is 14.0. The van der Waals surface area contributed by atoms with Crippen LogP contribution in [-0.4, -0.2) is 31.1 Å². The van der Waals surface area contributed by atoms with Gasteiger partial charge in [0, 0.05) is 12.6 Å². The fourth-order valence-corrected chi connectivity index (χ4v) is 2.97. The van der Waals surface area contributed by atoms with E-state index in [4.69, 9.17) is 0 Å². The molecule has 0 aromatic heterocycles. The summed E-state index contributed by atoms with van der Waals surface area (Å²) in [6.07, 6.45) is 3.90. The molecule has 2 nitrogen and oxygen atoms in total. The van der Waals surface area contributed by atoms with Gasteiger partial charge in [0.1, 0.15) is 0 Å². The maximum atomic E-state index is 3.49. The largest absolute Gasteiger partial charge is 0.317 e. The molecule has 1 aromatic carbocycles. The van der Waals surface area contributed by atoms with Gasteiger partial charge in [0.15, 0.2) is 0 Å². The molecular weight excluding hydrogens is 280 g/mol. The molecule has 0 aliphatic carbocycles. The Morgan fingerprint density at radius 2 is 1.76 bits per heavy atom. The topological polar surface area (TPSA) is 15.3 Å². The van der Waals surface area contributed by atoms with Crippen LogP contribution in [0.2, 0.25) is 0 Å². The van der Waals surface area contributed by atoms with Crippen LogP contribution in [0.15, 0.2) is 24.3 Å². The molecule has 0 radical (unpaired) electrons. The van der Waals surface area contributed by atoms with E-state index in [1.165, 1.54) is 36.9 Å². The molecule has 0 amide bonds. The van der Waals surface area contributed by atoms with Crippen molar-refractivity contribution in [3.05, 3.63) is 35.4 Å². The molecule has 3 heteroatoms. The van der Waals surface area contributed by atoms with Crippen LogP contribution in [0.4, 0.5) is 0 Å². The fourth-order valence-electron chi connectivity index (χ4n) is 2.97. The van der Waals surface area contributed by atoms with Crippen molar-refractivity contribution in [2.75, 3.05) is 20.1 Å². The van der Waals surface area contributed by atoms with Gasteiger partial charge in [-0.05, 0) is 55.9 Å². The minimum atomic E-state index is 0. The third-order valence-electron chi connectivity index (χ3n) is 4.42. The molecule has 1 unspecified atom stereocenters. The minimum absolute atomic E-state index is 0. The van der Waals surface area contributed by atoms with E-state index in [1.807, 2.05) is 0 Å². The molecule has 21 heavy (non-hydrogen) atoms. The minimum Gasteiger partial charge on any atom is -0.317 e. The highest BCUT2D eigenvalue weighted by molar-refractivity contribution is 5.85. The molecule has 2 rings (SSSR count). The van der Waals surface area contributed by atoms with Gasteiger partial charge in [-0.2, -0.15) is 0 Å². The smallest absolute Gasteiger partial charge is 0.0233 e. The lowest BCUT2D eigenvalue weighted by molar-refractivity contribution is 0.216. The number of hydrogen-bond acceptors (Lipinski definition) is 2. The van der Waals surface area contributed by atoms with Crippen LogP contribution in [-0.2, 0) is 12.0 Å². The van der Waals surface area contributed by atoms with Crippen LogP contribution in [0.5, 0.6) is 0 Å². The lowest BCUT2D eigenvalue weighted by Gasteiger charge is -2.27. The quantitative estimate of drug-likeness (QED) is 0.908. The molecule has 1 saturated heterocycles. The van der Waals surface area contributed by atoms with Gasteiger partial charge in [-0.3, -0.25) is 4.90 Å². The Bertz CT molecular complexity index is 400. The van der Waals surface area contributed by atoms with E-state index in [0.717, 1.165) is 19.1 Å². The van der Waals surface area contributed by atoms with Gasteiger partial charge < -0.3 is 5.32 Å². The van der Waals surface area contributed by atoms with Crippen molar-refractivity contribution in [2.24, 2.45) is 0 Å². The Hall–Kier alpha value is -0.570. The first-order valence-corrected chi connectivity index (χ1v) is 7.97. The first-order valence-electron chi connectivity index (χ1n) is 7.97. The zero-order chi connectivity index (χ0) is 14.6. The lowest BCUT2D eigenvalue weighted by atomic mass is 9.86. The summed E-state index contributed by atoms with van der Waals surface area (Å²) in [5.41, 5.74) is 3.09. The van der Waals surface area contributed by atoms with Gasteiger partial charge in [-0.15, -0.1) is 12.4 Å². The standard InChI is InChI=1S/C18H30N2.ClH/c1-18(2,3)16-9-7-15(8-10-16)14-20(4)17-6-5-12-19-13-11-17;/h7-10,17,19H,5-6,11-14H2,1-4H3;1H. The van der Waals surface area contributed by atoms with E-state index in [0.29, 0.717) is 0 Å². The van der Waals surface area contributed by atoms with Crippen LogP contribution >= 0.6 is 12.4 Å². The predicted octanol–water partition coefficient (Wildman–Crippen LogP) is 3.98. The molecule has 0 spiro atoms. The summed E-state index contributed by atoms with van der Waals surface area (Å²) >= 11 is 0. The lowest BCUT2D eigenvalue weighted by Crippen LogP contribution is -2.32. The van der Waals surface area contributed by atoms with Gasteiger partial charge >= 0.3 is 0 Å². The molecular formula is C18H31ClN2. The second-order valence-corrected chi connectivity index (χ2v) is 7.20. The van der Waals surface area contributed by atoms with Crippen molar-refractivity contribution >= 4 is 12.4 Å². The number of benzene rings is 1. The Labute approximate surface area is 136 Å². The highest BCUT2D eigenvalue weighted by Crippen LogP contribution is 2.23. The second kappa shape index (κ2) is 8.17. The molecule has 120 valence electrons. The maximum Gasteiger partial charge on any atom is 0.0233 e. The summed E-state index contributed by atoms with van der Waals surface area (Å²) in [6, 6.07) is 9.90. The molecule has 1 atom stereocenters. The monoisotopic (exact) mass is 310 g/mol. The van der Waals surface area contributed by atoms with E-state index in [-0.39, 0.29) is 17.8 Å². The van der Waals surface area contributed by atoms with Crippen LogP contribution < -0.4 is 5.32 Å².